The van der Waals surface area contributed by atoms with Gasteiger partial charge in [0.2, 0.25) is 0 Å². The summed E-state index contributed by atoms with van der Waals surface area (Å²) in [5.41, 5.74) is 0. The summed E-state index contributed by atoms with van der Waals surface area (Å²) < 4.78 is 41.3. The zero-order chi connectivity index (χ0) is 17.8. The first-order valence-corrected chi connectivity index (χ1v) is 9.57. The number of fused-ring (bicyclic) bond motifs is 3. The zero-order valence-electron chi connectivity index (χ0n) is 14.5. The predicted molar refractivity (Wildman–Crippen MR) is 100 cm³/mol. The molecule has 0 amide bonds. The molecule has 1 aromatic heterocycles. The van der Waals surface area contributed by atoms with Crippen LogP contribution in [0.3, 0.4) is 0 Å². The fourth-order valence-electron chi connectivity index (χ4n) is 2.77. The predicted octanol–water partition coefficient (Wildman–Crippen LogP) is 6.69. The molecule has 0 aliphatic heterocycles. The van der Waals surface area contributed by atoms with E-state index in [-0.39, 0.29) is 11.5 Å². The molecule has 134 valence electrons. The highest BCUT2D eigenvalue weighted by Gasteiger charge is 2.18. The fraction of sp³-hybridized carbons (Fsp3) is 0.400. The van der Waals surface area contributed by atoms with Gasteiger partial charge < -0.3 is 9.47 Å². The van der Waals surface area contributed by atoms with Gasteiger partial charge in [-0.15, -0.1) is 11.3 Å². The van der Waals surface area contributed by atoms with Gasteiger partial charge in [0, 0.05) is 10.8 Å². The van der Waals surface area contributed by atoms with E-state index in [1.807, 2.05) is 6.92 Å². The summed E-state index contributed by atoms with van der Waals surface area (Å²) in [7, 11) is 0. The normalized spacial score (nSPS) is 11.4. The third-order valence-electron chi connectivity index (χ3n) is 4.08. The van der Waals surface area contributed by atoms with Crippen LogP contribution in [0.1, 0.15) is 39.5 Å². The summed E-state index contributed by atoms with van der Waals surface area (Å²) in [6.45, 7) is 5.02. The van der Waals surface area contributed by atoms with Crippen molar-refractivity contribution in [2.45, 2.75) is 39.5 Å². The van der Waals surface area contributed by atoms with Crippen molar-refractivity contribution < 1.29 is 18.3 Å². The Morgan fingerprint density at radius 3 is 1.84 bits per heavy atom. The lowest BCUT2D eigenvalue weighted by atomic mass is 10.1. The number of hydrogen-bond donors (Lipinski definition) is 0. The molecular formula is C20H22F2O2S. The maximum absolute atomic E-state index is 14.8. The maximum Gasteiger partial charge on any atom is 0.182 e. The van der Waals surface area contributed by atoms with Gasteiger partial charge in [0.1, 0.15) is 0 Å². The van der Waals surface area contributed by atoms with Gasteiger partial charge in [0.15, 0.2) is 23.1 Å². The summed E-state index contributed by atoms with van der Waals surface area (Å²) in [5.74, 6) is -0.377. The number of ether oxygens (including phenoxy) is 2. The van der Waals surface area contributed by atoms with E-state index in [1.54, 1.807) is 24.3 Å². The lowest BCUT2D eigenvalue weighted by Crippen LogP contribution is -1.98. The van der Waals surface area contributed by atoms with E-state index in [1.165, 1.54) is 0 Å². The molecule has 3 aromatic rings. The third-order valence-corrected chi connectivity index (χ3v) is 5.29. The molecule has 0 unspecified atom stereocenters. The Morgan fingerprint density at radius 1 is 0.760 bits per heavy atom. The van der Waals surface area contributed by atoms with Crippen LogP contribution in [0.25, 0.3) is 20.2 Å². The van der Waals surface area contributed by atoms with Gasteiger partial charge in [-0.25, -0.2) is 8.78 Å². The number of halogens is 2. The molecule has 0 saturated heterocycles. The molecule has 3 rings (SSSR count). The van der Waals surface area contributed by atoms with Crippen molar-refractivity contribution in [2.75, 3.05) is 13.2 Å². The number of rotatable bonds is 8. The lowest BCUT2D eigenvalue weighted by molar-refractivity contribution is 0.293. The molecule has 0 spiro atoms. The van der Waals surface area contributed by atoms with Gasteiger partial charge in [-0.2, -0.15) is 0 Å². The number of benzene rings is 2. The molecule has 1 heterocycles. The second kappa shape index (κ2) is 8.00. The summed E-state index contributed by atoms with van der Waals surface area (Å²) in [6.07, 6.45) is 3.84. The van der Waals surface area contributed by atoms with Gasteiger partial charge in [-0.3, -0.25) is 0 Å². The van der Waals surface area contributed by atoms with Crippen molar-refractivity contribution in [1.82, 2.24) is 0 Å². The Labute approximate surface area is 150 Å². The minimum Gasteiger partial charge on any atom is -0.490 e. The molecule has 25 heavy (non-hydrogen) atoms. The van der Waals surface area contributed by atoms with Crippen molar-refractivity contribution in [2.24, 2.45) is 0 Å². The highest BCUT2D eigenvalue weighted by atomic mass is 32.1. The average Bonchev–Trinajstić information content (AvgIpc) is 3.00. The van der Waals surface area contributed by atoms with Crippen molar-refractivity contribution in [1.29, 1.82) is 0 Å². The first kappa shape index (κ1) is 17.9. The summed E-state index contributed by atoms with van der Waals surface area (Å²) >= 11 is 1.11. The Balaban J connectivity index is 1.98. The highest BCUT2D eigenvalue weighted by Crippen LogP contribution is 2.41. The van der Waals surface area contributed by atoms with E-state index in [9.17, 15) is 8.78 Å². The molecule has 0 N–H and O–H groups in total. The summed E-state index contributed by atoms with van der Waals surface area (Å²) in [6, 6.07) is 6.85. The Bertz CT molecular complexity index is 873. The van der Waals surface area contributed by atoms with Crippen LogP contribution in [0.2, 0.25) is 0 Å². The van der Waals surface area contributed by atoms with Crippen molar-refractivity contribution in [3.05, 3.63) is 35.9 Å². The van der Waals surface area contributed by atoms with E-state index in [0.717, 1.165) is 37.0 Å². The topological polar surface area (TPSA) is 18.5 Å². The smallest absolute Gasteiger partial charge is 0.182 e. The standard InChI is InChI=1S/C20H22F2O2S/c1-3-5-6-12-24-16-10-8-14-13-7-9-15(23-11-4-2)17(21)19(13)25-20(14)18(16)22/h7-10H,3-6,11-12H2,1-2H3. The van der Waals surface area contributed by atoms with E-state index in [0.29, 0.717) is 33.4 Å². The van der Waals surface area contributed by atoms with E-state index >= 15 is 0 Å². The molecule has 5 heteroatoms. The molecule has 0 saturated carbocycles. The van der Waals surface area contributed by atoms with Gasteiger partial charge in [-0.05, 0) is 37.1 Å². The van der Waals surface area contributed by atoms with Gasteiger partial charge in [0.05, 0.1) is 22.6 Å². The first-order valence-electron chi connectivity index (χ1n) is 8.76. The van der Waals surface area contributed by atoms with Crippen LogP contribution in [0.4, 0.5) is 8.78 Å². The van der Waals surface area contributed by atoms with Crippen molar-refractivity contribution in [3.8, 4) is 11.5 Å². The Kier molecular flexibility index (Phi) is 5.74. The van der Waals surface area contributed by atoms with E-state index < -0.39 is 11.6 Å². The second-order valence-corrected chi connectivity index (χ2v) is 7.04. The van der Waals surface area contributed by atoms with Crippen LogP contribution in [0, 0.1) is 11.6 Å². The largest absolute Gasteiger partial charge is 0.490 e. The van der Waals surface area contributed by atoms with Crippen molar-refractivity contribution >= 4 is 31.5 Å². The summed E-state index contributed by atoms with van der Waals surface area (Å²) in [5, 5.41) is 1.41. The van der Waals surface area contributed by atoms with Crippen LogP contribution in [0.15, 0.2) is 24.3 Å². The first-order chi connectivity index (χ1) is 12.2. The highest BCUT2D eigenvalue weighted by molar-refractivity contribution is 7.25. The fourth-order valence-corrected chi connectivity index (χ4v) is 3.93. The number of hydrogen-bond acceptors (Lipinski definition) is 3. The molecular weight excluding hydrogens is 342 g/mol. The molecule has 0 radical (unpaired) electrons. The minimum atomic E-state index is -0.419. The quantitative estimate of drug-likeness (QED) is 0.415. The van der Waals surface area contributed by atoms with Gasteiger partial charge in [-0.1, -0.05) is 26.7 Å². The van der Waals surface area contributed by atoms with Crippen LogP contribution in [0.5, 0.6) is 11.5 Å². The number of unbranched alkanes of at least 4 members (excludes halogenated alkanes) is 2. The number of thiophene rings is 1. The third kappa shape index (κ3) is 3.56. The van der Waals surface area contributed by atoms with Gasteiger partial charge >= 0.3 is 0 Å². The lowest BCUT2D eigenvalue weighted by Gasteiger charge is -2.07. The minimum absolute atomic E-state index is 0.220. The molecule has 0 bridgehead atoms. The Morgan fingerprint density at radius 2 is 1.32 bits per heavy atom. The van der Waals surface area contributed by atoms with Crippen LogP contribution in [-0.4, -0.2) is 13.2 Å². The van der Waals surface area contributed by atoms with Crippen LogP contribution in [-0.2, 0) is 0 Å². The molecule has 0 aliphatic carbocycles. The van der Waals surface area contributed by atoms with E-state index in [4.69, 9.17) is 9.47 Å². The van der Waals surface area contributed by atoms with Crippen molar-refractivity contribution in [3.63, 3.8) is 0 Å². The molecule has 0 atom stereocenters. The Hall–Kier alpha value is -1.88. The second-order valence-electron chi connectivity index (χ2n) is 6.01. The summed E-state index contributed by atoms with van der Waals surface area (Å²) in [4.78, 5) is 0. The van der Waals surface area contributed by atoms with Crippen LogP contribution < -0.4 is 9.47 Å². The molecule has 0 aliphatic rings. The molecule has 2 nitrogen and oxygen atoms in total. The molecule has 0 fully saturated rings. The molecule has 2 aromatic carbocycles. The zero-order valence-corrected chi connectivity index (χ0v) is 15.3. The maximum atomic E-state index is 14.8. The van der Waals surface area contributed by atoms with Gasteiger partial charge in [0.25, 0.3) is 0 Å². The van der Waals surface area contributed by atoms with Crippen LogP contribution >= 0.6 is 11.3 Å². The SMILES string of the molecule is CCCCCOc1ccc2c(sc3c(F)c(OCCC)ccc32)c1F. The average molecular weight is 364 g/mol. The monoisotopic (exact) mass is 364 g/mol. The van der Waals surface area contributed by atoms with E-state index in [2.05, 4.69) is 6.92 Å².